The van der Waals surface area contributed by atoms with Crippen LogP contribution in [0.1, 0.15) is 37.0 Å². The van der Waals surface area contributed by atoms with E-state index in [1.807, 2.05) is 12.1 Å². The lowest BCUT2D eigenvalue weighted by Crippen LogP contribution is -2.42. The Morgan fingerprint density at radius 3 is 2.69 bits per heavy atom. The second-order valence-electron chi connectivity index (χ2n) is 7.64. The Labute approximate surface area is 193 Å². The highest BCUT2D eigenvalue weighted by Gasteiger charge is 2.17. The van der Waals surface area contributed by atoms with Gasteiger partial charge in [-0.2, -0.15) is 0 Å². The van der Waals surface area contributed by atoms with Crippen LogP contribution in [0.3, 0.4) is 0 Å². The van der Waals surface area contributed by atoms with Gasteiger partial charge in [0, 0.05) is 31.3 Å². The van der Waals surface area contributed by atoms with Crippen LogP contribution in [0.2, 0.25) is 5.15 Å². The lowest BCUT2D eigenvalue weighted by Gasteiger charge is -2.32. The summed E-state index contributed by atoms with van der Waals surface area (Å²) in [5, 5.41) is 3.01. The molecule has 0 bridgehead atoms. The van der Waals surface area contributed by atoms with Gasteiger partial charge in [0.15, 0.2) is 0 Å². The number of ether oxygens (including phenoxy) is 1. The molecule has 2 aromatic heterocycles. The van der Waals surface area contributed by atoms with Gasteiger partial charge in [-0.3, -0.25) is 14.1 Å². The number of hydrogen-bond acceptors (Lipinski definition) is 6. The molecule has 3 aromatic rings. The monoisotopic (exact) mass is 458 g/mol. The van der Waals surface area contributed by atoms with Crippen molar-refractivity contribution in [3.05, 3.63) is 47.5 Å². The summed E-state index contributed by atoms with van der Waals surface area (Å²) in [6.45, 7) is 8.86. The molecule has 0 aliphatic carbocycles. The van der Waals surface area contributed by atoms with Crippen LogP contribution in [-0.4, -0.2) is 64.6 Å². The summed E-state index contributed by atoms with van der Waals surface area (Å²) >= 11 is 6.07. The summed E-state index contributed by atoms with van der Waals surface area (Å²) in [7, 11) is 1.59. The number of carbonyl (C=O) groups excluding carboxylic acids is 1. The SMILES string of the molecule is CCCN1CCO[C@@H](CC)C1.CNC(=O)c1ccc(-c2ncn3c(Cl)cnc(N)c23)cc1. The predicted molar refractivity (Wildman–Crippen MR) is 128 cm³/mol. The number of fused-ring (bicyclic) bond motifs is 1. The third-order valence-corrected chi connectivity index (χ3v) is 5.70. The normalized spacial score (nSPS) is 16.4. The first-order valence-electron chi connectivity index (χ1n) is 10.9. The first-order chi connectivity index (χ1) is 15.5. The van der Waals surface area contributed by atoms with Crippen LogP contribution in [0.25, 0.3) is 16.8 Å². The first kappa shape index (κ1) is 24.0. The van der Waals surface area contributed by atoms with Gasteiger partial charge in [0.25, 0.3) is 5.91 Å². The molecule has 1 saturated heterocycles. The van der Waals surface area contributed by atoms with Gasteiger partial charge in [0.2, 0.25) is 0 Å². The molecule has 0 saturated carbocycles. The smallest absolute Gasteiger partial charge is 0.251 e. The van der Waals surface area contributed by atoms with Crippen molar-refractivity contribution in [1.82, 2.24) is 24.6 Å². The molecule has 3 N–H and O–H groups in total. The van der Waals surface area contributed by atoms with E-state index < -0.39 is 0 Å². The molecule has 1 amide bonds. The van der Waals surface area contributed by atoms with E-state index in [4.69, 9.17) is 22.1 Å². The van der Waals surface area contributed by atoms with Crippen LogP contribution in [0.5, 0.6) is 0 Å². The molecule has 1 aliphatic heterocycles. The summed E-state index contributed by atoms with van der Waals surface area (Å²) in [5.74, 6) is 0.211. The zero-order valence-electron chi connectivity index (χ0n) is 18.8. The quantitative estimate of drug-likeness (QED) is 0.607. The zero-order chi connectivity index (χ0) is 23.1. The van der Waals surface area contributed by atoms with E-state index in [2.05, 4.69) is 34.0 Å². The molecule has 1 atom stereocenters. The fourth-order valence-corrected chi connectivity index (χ4v) is 3.86. The molecule has 1 aromatic carbocycles. The number of nitrogens with two attached hydrogens (primary N) is 1. The molecule has 0 spiro atoms. The van der Waals surface area contributed by atoms with E-state index in [0.717, 1.165) is 31.7 Å². The van der Waals surface area contributed by atoms with E-state index in [1.54, 1.807) is 29.9 Å². The van der Waals surface area contributed by atoms with Gasteiger partial charge in [0.05, 0.1) is 24.6 Å². The van der Waals surface area contributed by atoms with Gasteiger partial charge in [-0.05, 0) is 31.5 Å². The van der Waals surface area contributed by atoms with Gasteiger partial charge < -0.3 is 15.8 Å². The van der Waals surface area contributed by atoms with Crippen molar-refractivity contribution in [1.29, 1.82) is 0 Å². The second kappa shape index (κ2) is 11.3. The van der Waals surface area contributed by atoms with Crippen LogP contribution < -0.4 is 11.1 Å². The lowest BCUT2D eigenvalue weighted by atomic mass is 10.1. The van der Waals surface area contributed by atoms with E-state index >= 15 is 0 Å². The van der Waals surface area contributed by atoms with Gasteiger partial charge >= 0.3 is 0 Å². The fourth-order valence-electron chi connectivity index (χ4n) is 3.68. The summed E-state index contributed by atoms with van der Waals surface area (Å²) in [6, 6.07) is 7.08. The van der Waals surface area contributed by atoms with E-state index in [9.17, 15) is 4.79 Å². The minimum absolute atomic E-state index is 0.138. The highest BCUT2D eigenvalue weighted by molar-refractivity contribution is 6.29. The Hall–Kier alpha value is -2.68. The molecule has 0 radical (unpaired) electrons. The van der Waals surface area contributed by atoms with Crippen molar-refractivity contribution in [2.24, 2.45) is 0 Å². The van der Waals surface area contributed by atoms with Crippen molar-refractivity contribution in [2.75, 3.05) is 39.0 Å². The third-order valence-electron chi connectivity index (χ3n) is 5.42. The largest absolute Gasteiger partial charge is 0.382 e. The van der Waals surface area contributed by atoms with Crippen LogP contribution >= 0.6 is 11.6 Å². The number of nitrogens with zero attached hydrogens (tertiary/aromatic N) is 4. The number of halogens is 1. The van der Waals surface area contributed by atoms with E-state index in [0.29, 0.717) is 33.8 Å². The standard InChI is InChI=1S/C14H12ClN5O.C9H19NO/c1-17-14(21)9-4-2-8(3-5-9)11-12-13(16)18-6-10(15)20(12)7-19-11;1-3-5-10-6-7-11-9(4-2)8-10/h2-7H,1H3,(H2,16,18)(H,17,21);9H,3-8H2,1-2H3/t;9-/m.0/s1. The highest BCUT2D eigenvalue weighted by Crippen LogP contribution is 2.28. The van der Waals surface area contributed by atoms with Crippen LogP contribution in [0, 0.1) is 0 Å². The van der Waals surface area contributed by atoms with Crippen LogP contribution in [0.15, 0.2) is 36.8 Å². The molecular weight excluding hydrogens is 428 g/mol. The molecule has 3 heterocycles. The average molecular weight is 459 g/mol. The van der Waals surface area contributed by atoms with Crippen molar-refractivity contribution in [2.45, 2.75) is 32.8 Å². The Morgan fingerprint density at radius 1 is 1.28 bits per heavy atom. The fraction of sp³-hybridized carbons (Fsp3) is 0.435. The number of nitrogen functional groups attached to an aromatic ring is 1. The number of morpholine rings is 1. The predicted octanol–water partition coefficient (Wildman–Crippen LogP) is 3.50. The van der Waals surface area contributed by atoms with Crippen molar-refractivity contribution in [3.63, 3.8) is 0 Å². The van der Waals surface area contributed by atoms with Gasteiger partial charge in [-0.15, -0.1) is 0 Å². The summed E-state index contributed by atoms with van der Waals surface area (Å²) < 4.78 is 7.23. The molecular formula is C23H31ClN6O2. The Morgan fingerprint density at radius 2 is 2.03 bits per heavy atom. The number of imidazole rings is 1. The number of aromatic nitrogens is 3. The van der Waals surface area contributed by atoms with Gasteiger partial charge in [0.1, 0.15) is 22.8 Å². The van der Waals surface area contributed by atoms with Gasteiger partial charge in [-0.25, -0.2) is 9.97 Å². The molecule has 0 unspecified atom stereocenters. The second-order valence-corrected chi connectivity index (χ2v) is 8.02. The molecule has 8 nitrogen and oxygen atoms in total. The molecule has 1 fully saturated rings. The summed E-state index contributed by atoms with van der Waals surface area (Å²) in [4.78, 5) is 22.4. The maximum atomic E-state index is 11.5. The Kier molecular flexibility index (Phi) is 8.44. The van der Waals surface area contributed by atoms with Crippen LogP contribution in [0.4, 0.5) is 5.82 Å². The zero-order valence-corrected chi connectivity index (χ0v) is 19.6. The number of benzene rings is 1. The molecule has 32 heavy (non-hydrogen) atoms. The van der Waals surface area contributed by atoms with Crippen molar-refractivity contribution < 1.29 is 9.53 Å². The maximum absolute atomic E-state index is 11.5. The van der Waals surface area contributed by atoms with Gasteiger partial charge in [-0.1, -0.05) is 37.6 Å². The minimum atomic E-state index is -0.138. The highest BCUT2D eigenvalue weighted by atomic mass is 35.5. The van der Waals surface area contributed by atoms with Crippen molar-refractivity contribution >= 4 is 28.8 Å². The molecule has 9 heteroatoms. The molecule has 4 rings (SSSR count). The summed E-state index contributed by atoms with van der Waals surface area (Å²) in [6.07, 6.45) is 5.98. The molecule has 1 aliphatic rings. The number of hydrogen-bond donors (Lipinski definition) is 2. The van der Waals surface area contributed by atoms with Crippen LogP contribution in [-0.2, 0) is 4.74 Å². The number of anilines is 1. The minimum Gasteiger partial charge on any atom is -0.382 e. The summed E-state index contributed by atoms with van der Waals surface area (Å²) in [5.41, 5.74) is 8.65. The average Bonchev–Trinajstić information content (AvgIpc) is 3.28. The number of nitrogens with one attached hydrogen (secondary N) is 1. The number of rotatable bonds is 5. The first-order valence-corrected chi connectivity index (χ1v) is 11.3. The maximum Gasteiger partial charge on any atom is 0.251 e. The van der Waals surface area contributed by atoms with E-state index in [-0.39, 0.29) is 5.91 Å². The Balaban J connectivity index is 0.000000222. The third kappa shape index (κ3) is 5.56. The lowest BCUT2D eigenvalue weighted by molar-refractivity contribution is -0.0294. The van der Waals surface area contributed by atoms with E-state index in [1.165, 1.54) is 19.2 Å². The topological polar surface area (TPSA) is 97.8 Å². The number of carbonyl (C=O) groups is 1. The number of amides is 1. The molecule has 172 valence electrons. The van der Waals surface area contributed by atoms with Crippen molar-refractivity contribution in [3.8, 4) is 11.3 Å². The Bertz CT molecular complexity index is 1030.